The molecule has 3 rings (SSSR count). The lowest BCUT2D eigenvalue weighted by atomic mass is 10.0. The average Bonchev–Trinajstić information content (AvgIpc) is 2.64. The number of nitrogens with zero attached hydrogens (tertiary/aromatic N) is 4. The Labute approximate surface area is 141 Å². The molecule has 0 atom stereocenters. The third-order valence-electron chi connectivity index (χ3n) is 3.31. The van der Waals surface area contributed by atoms with Gasteiger partial charge in [0.05, 0.1) is 5.56 Å². The highest BCUT2D eigenvalue weighted by Crippen LogP contribution is 2.27. The quantitative estimate of drug-likeness (QED) is 0.772. The lowest BCUT2D eigenvalue weighted by Crippen LogP contribution is -1.99. The minimum Gasteiger partial charge on any atom is -0.383 e. The zero-order valence-electron chi connectivity index (χ0n) is 14.0. The van der Waals surface area contributed by atoms with Gasteiger partial charge >= 0.3 is 0 Å². The predicted molar refractivity (Wildman–Crippen MR) is 95.9 cm³/mol. The van der Waals surface area contributed by atoms with Crippen molar-refractivity contribution in [2.24, 2.45) is 0 Å². The standard InChI is InChI=1S/C17H13N5.C2H6/c1-11-2-4-12(5-3-11)13-8-15(16(19)21-10-13)17-20-7-6-14(9-18)22-17;1-2/h2-8,10H,1H3,(H2,19,21);1-2H3. The Balaban J connectivity index is 0.00000100. The summed E-state index contributed by atoms with van der Waals surface area (Å²) in [6.45, 7) is 6.04. The van der Waals surface area contributed by atoms with Crippen molar-refractivity contribution in [1.29, 1.82) is 5.26 Å². The van der Waals surface area contributed by atoms with Gasteiger partial charge in [0.2, 0.25) is 0 Å². The molecule has 5 heteroatoms. The van der Waals surface area contributed by atoms with Crippen LogP contribution in [0.3, 0.4) is 0 Å². The van der Waals surface area contributed by atoms with E-state index >= 15 is 0 Å². The van der Waals surface area contributed by atoms with Crippen LogP contribution in [0.2, 0.25) is 0 Å². The number of anilines is 1. The Hall–Kier alpha value is -3.26. The fourth-order valence-corrected chi connectivity index (χ4v) is 2.11. The molecular weight excluding hydrogens is 298 g/mol. The fourth-order valence-electron chi connectivity index (χ4n) is 2.11. The smallest absolute Gasteiger partial charge is 0.164 e. The first kappa shape index (κ1) is 17.1. The zero-order chi connectivity index (χ0) is 17.5. The number of nitriles is 1. The normalized spacial score (nSPS) is 9.58. The maximum Gasteiger partial charge on any atom is 0.164 e. The van der Waals surface area contributed by atoms with Gasteiger partial charge in [0.1, 0.15) is 17.6 Å². The fraction of sp³-hybridized carbons (Fsp3) is 0.158. The molecule has 3 aromatic rings. The van der Waals surface area contributed by atoms with Crippen LogP contribution in [0, 0.1) is 18.3 Å². The molecule has 120 valence electrons. The van der Waals surface area contributed by atoms with E-state index in [1.54, 1.807) is 18.5 Å². The van der Waals surface area contributed by atoms with Crippen molar-refractivity contribution in [2.75, 3.05) is 5.73 Å². The van der Waals surface area contributed by atoms with Gasteiger partial charge < -0.3 is 5.73 Å². The van der Waals surface area contributed by atoms with Crippen molar-refractivity contribution in [3.8, 4) is 28.6 Å². The second-order valence-corrected chi connectivity index (χ2v) is 4.90. The molecule has 0 saturated heterocycles. The summed E-state index contributed by atoms with van der Waals surface area (Å²) in [4.78, 5) is 12.6. The van der Waals surface area contributed by atoms with Crippen molar-refractivity contribution in [3.05, 3.63) is 60.0 Å². The Kier molecular flexibility index (Phi) is 5.58. The van der Waals surface area contributed by atoms with Gasteiger partial charge in [0, 0.05) is 18.0 Å². The van der Waals surface area contributed by atoms with Crippen LogP contribution in [0.4, 0.5) is 5.82 Å². The number of aromatic nitrogens is 3. The van der Waals surface area contributed by atoms with Crippen LogP contribution >= 0.6 is 0 Å². The molecule has 1 aromatic carbocycles. The number of rotatable bonds is 2. The summed E-state index contributed by atoms with van der Waals surface area (Å²) in [6, 6.07) is 13.6. The first-order valence-corrected chi connectivity index (χ1v) is 7.73. The molecule has 0 aliphatic rings. The van der Waals surface area contributed by atoms with Gasteiger partial charge in [-0.3, -0.25) is 0 Å². The number of aryl methyl sites for hydroxylation is 1. The minimum atomic E-state index is 0.296. The topological polar surface area (TPSA) is 88.5 Å². The molecule has 2 heterocycles. The van der Waals surface area contributed by atoms with Crippen LogP contribution in [-0.2, 0) is 0 Å². The number of hydrogen-bond acceptors (Lipinski definition) is 5. The molecular formula is C19H19N5. The number of nitrogens with two attached hydrogens (primary N) is 1. The lowest BCUT2D eigenvalue weighted by molar-refractivity contribution is 1.14. The molecule has 2 N–H and O–H groups in total. The van der Waals surface area contributed by atoms with E-state index in [9.17, 15) is 0 Å². The van der Waals surface area contributed by atoms with Crippen molar-refractivity contribution in [2.45, 2.75) is 20.8 Å². The van der Waals surface area contributed by atoms with Crippen molar-refractivity contribution in [1.82, 2.24) is 15.0 Å². The number of nitrogen functional groups attached to an aromatic ring is 1. The van der Waals surface area contributed by atoms with Crippen LogP contribution in [0.25, 0.3) is 22.5 Å². The molecule has 0 amide bonds. The van der Waals surface area contributed by atoms with E-state index in [4.69, 9.17) is 11.0 Å². The first-order valence-electron chi connectivity index (χ1n) is 7.73. The summed E-state index contributed by atoms with van der Waals surface area (Å²) < 4.78 is 0. The second kappa shape index (κ2) is 7.84. The second-order valence-electron chi connectivity index (χ2n) is 4.90. The highest BCUT2D eigenvalue weighted by Gasteiger charge is 2.10. The van der Waals surface area contributed by atoms with E-state index in [0.29, 0.717) is 22.9 Å². The molecule has 0 aliphatic carbocycles. The molecule has 0 bridgehead atoms. The summed E-state index contributed by atoms with van der Waals surface area (Å²) >= 11 is 0. The van der Waals surface area contributed by atoms with Crippen LogP contribution in [-0.4, -0.2) is 15.0 Å². The highest BCUT2D eigenvalue weighted by molar-refractivity contribution is 5.76. The summed E-state index contributed by atoms with van der Waals surface area (Å²) in [7, 11) is 0. The molecule has 0 unspecified atom stereocenters. The van der Waals surface area contributed by atoms with Crippen LogP contribution in [0.5, 0.6) is 0 Å². The van der Waals surface area contributed by atoms with E-state index < -0.39 is 0 Å². The van der Waals surface area contributed by atoms with E-state index in [-0.39, 0.29) is 0 Å². The average molecular weight is 317 g/mol. The molecule has 0 radical (unpaired) electrons. The van der Waals surface area contributed by atoms with Gasteiger partial charge in [-0.15, -0.1) is 0 Å². The molecule has 0 spiro atoms. The molecule has 0 saturated carbocycles. The summed E-state index contributed by atoms with van der Waals surface area (Å²) in [5, 5.41) is 8.95. The monoisotopic (exact) mass is 317 g/mol. The highest BCUT2D eigenvalue weighted by atomic mass is 14.9. The Bertz CT molecular complexity index is 864. The number of hydrogen-bond donors (Lipinski definition) is 1. The van der Waals surface area contributed by atoms with Crippen LogP contribution < -0.4 is 5.73 Å². The number of pyridine rings is 1. The maximum atomic E-state index is 8.95. The Morgan fingerprint density at radius 1 is 1.00 bits per heavy atom. The largest absolute Gasteiger partial charge is 0.383 e. The van der Waals surface area contributed by atoms with Crippen molar-refractivity contribution < 1.29 is 0 Å². The summed E-state index contributed by atoms with van der Waals surface area (Å²) in [5.74, 6) is 0.740. The Morgan fingerprint density at radius 2 is 1.71 bits per heavy atom. The molecule has 2 aromatic heterocycles. The van der Waals surface area contributed by atoms with Gasteiger partial charge in [-0.1, -0.05) is 43.7 Å². The van der Waals surface area contributed by atoms with E-state index in [0.717, 1.165) is 11.1 Å². The third kappa shape index (κ3) is 3.73. The lowest BCUT2D eigenvalue weighted by Gasteiger charge is -2.07. The Morgan fingerprint density at radius 3 is 2.38 bits per heavy atom. The first-order chi connectivity index (χ1) is 11.7. The van der Waals surface area contributed by atoms with Crippen molar-refractivity contribution in [3.63, 3.8) is 0 Å². The van der Waals surface area contributed by atoms with Gasteiger partial charge in [-0.05, 0) is 24.6 Å². The number of benzene rings is 1. The van der Waals surface area contributed by atoms with Crippen molar-refractivity contribution >= 4 is 5.82 Å². The van der Waals surface area contributed by atoms with Gasteiger partial charge in [0.25, 0.3) is 0 Å². The molecule has 5 nitrogen and oxygen atoms in total. The van der Waals surface area contributed by atoms with E-state index in [1.807, 2.05) is 57.2 Å². The maximum absolute atomic E-state index is 8.95. The van der Waals surface area contributed by atoms with Gasteiger partial charge in [-0.25, -0.2) is 15.0 Å². The summed E-state index contributed by atoms with van der Waals surface area (Å²) in [6.07, 6.45) is 3.26. The summed E-state index contributed by atoms with van der Waals surface area (Å²) in [5.41, 5.74) is 10.0. The molecule has 0 fully saturated rings. The third-order valence-corrected chi connectivity index (χ3v) is 3.31. The van der Waals surface area contributed by atoms with Crippen LogP contribution in [0.15, 0.2) is 48.8 Å². The predicted octanol–water partition coefficient (Wildman–Crippen LogP) is 3.99. The molecule has 0 aliphatic heterocycles. The van der Waals surface area contributed by atoms with Crippen LogP contribution in [0.1, 0.15) is 25.1 Å². The van der Waals surface area contributed by atoms with Gasteiger partial charge in [0.15, 0.2) is 5.82 Å². The van der Waals surface area contributed by atoms with Gasteiger partial charge in [-0.2, -0.15) is 5.26 Å². The SMILES string of the molecule is CC.Cc1ccc(-c2cnc(N)c(-c3nccc(C#N)n3)c2)cc1. The minimum absolute atomic E-state index is 0.296. The molecule has 24 heavy (non-hydrogen) atoms. The zero-order valence-corrected chi connectivity index (χ0v) is 14.0. The van der Waals surface area contributed by atoms with E-state index in [2.05, 4.69) is 15.0 Å². The van der Waals surface area contributed by atoms with E-state index in [1.165, 1.54) is 5.56 Å².